The molecule has 2 aromatic rings. The fourth-order valence-electron chi connectivity index (χ4n) is 4.09. The number of carbonyl (C=O) groups is 2. The first kappa shape index (κ1) is 20.9. The van der Waals surface area contributed by atoms with Crippen LogP contribution in [0.5, 0.6) is 0 Å². The molecule has 0 saturated carbocycles. The third-order valence-electron chi connectivity index (χ3n) is 5.96. The highest BCUT2D eigenvalue weighted by Gasteiger charge is 2.28. The van der Waals surface area contributed by atoms with Crippen molar-refractivity contribution in [1.82, 2.24) is 9.80 Å². The number of thioether (sulfide) groups is 1. The van der Waals surface area contributed by atoms with E-state index < -0.39 is 0 Å². The highest BCUT2D eigenvalue weighted by molar-refractivity contribution is 7.99. The van der Waals surface area contributed by atoms with Crippen molar-refractivity contribution in [1.29, 1.82) is 0 Å². The van der Waals surface area contributed by atoms with Crippen molar-refractivity contribution < 1.29 is 9.59 Å². The van der Waals surface area contributed by atoms with Crippen molar-refractivity contribution in [2.45, 2.75) is 30.7 Å². The van der Waals surface area contributed by atoms with E-state index in [1.807, 2.05) is 66.1 Å². The van der Waals surface area contributed by atoms with E-state index in [4.69, 9.17) is 0 Å². The first-order valence-corrected chi connectivity index (χ1v) is 11.7. The summed E-state index contributed by atoms with van der Waals surface area (Å²) in [5, 5.41) is 0. The smallest absolute Gasteiger partial charge is 0.246 e. The largest absolute Gasteiger partial charge is 0.337 e. The van der Waals surface area contributed by atoms with Gasteiger partial charge in [0.2, 0.25) is 5.91 Å². The van der Waals surface area contributed by atoms with Gasteiger partial charge in [-0.15, -0.1) is 11.8 Å². The molecule has 0 spiro atoms. The molecule has 4 rings (SSSR count). The number of fused-ring (bicyclic) bond motifs is 1. The summed E-state index contributed by atoms with van der Waals surface area (Å²) in [5.74, 6) is 1.38. The lowest BCUT2D eigenvalue weighted by atomic mass is 9.99. The SMILES string of the molecule is CC(C(=O)c1ccc2c(c1)CCCS2)N1CCN(C(=O)C=Cc2ccccc2)CC1. The molecule has 0 radical (unpaired) electrons. The maximum absolute atomic E-state index is 13.1. The number of amides is 1. The second-order valence-electron chi connectivity index (χ2n) is 7.92. The molecule has 0 N–H and O–H groups in total. The Bertz CT molecular complexity index is 933. The summed E-state index contributed by atoms with van der Waals surface area (Å²) in [4.78, 5) is 30.9. The van der Waals surface area contributed by atoms with Crippen LogP contribution in [0.1, 0.15) is 34.8 Å². The van der Waals surface area contributed by atoms with Gasteiger partial charge in [-0.2, -0.15) is 0 Å². The minimum absolute atomic E-state index is 0.0321. The fourth-order valence-corrected chi connectivity index (χ4v) is 5.11. The Balaban J connectivity index is 1.32. The molecule has 1 unspecified atom stereocenters. The van der Waals surface area contributed by atoms with Crippen molar-refractivity contribution >= 4 is 29.5 Å². The lowest BCUT2D eigenvalue weighted by molar-refractivity contribution is -0.127. The standard InChI is InChI=1S/C25H28N2O2S/c1-19(25(29)22-10-11-23-21(18-22)8-5-17-30-23)26-13-15-27(16-14-26)24(28)12-9-20-6-3-2-4-7-20/h2-4,6-7,9-12,18-19H,5,8,13-17H2,1H3. The molecule has 0 bridgehead atoms. The Labute approximate surface area is 182 Å². The number of hydrogen-bond donors (Lipinski definition) is 0. The summed E-state index contributed by atoms with van der Waals surface area (Å²) >= 11 is 1.89. The van der Waals surface area contributed by atoms with E-state index in [2.05, 4.69) is 17.0 Å². The second-order valence-corrected chi connectivity index (χ2v) is 9.06. The summed E-state index contributed by atoms with van der Waals surface area (Å²) in [6.45, 7) is 4.73. The number of Topliss-reactive ketones (excluding diaryl/α,β-unsaturated/α-hetero) is 1. The summed E-state index contributed by atoms with van der Waals surface area (Å²) < 4.78 is 0. The van der Waals surface area contributed by atoms with Crippen LogP contribution in [-0.4, -0.2) is 59.5 Å². The Morgan fingerprint density at radius 1 is 1.03 bits per heavy atom. The molecule has 5 heteroatoms. The maximum atomic E-state index is 13.1. The van der Waals surface area contributed by atoms with Gasteiger partial charge in [-0.3, -0.25) is 14.5 Å². The number of rotatable bonds is 5. The Hall–Kier alpha value is -2.37. The lowest BCUT2D eigenvalue weighted by Gasteiger charge is -2.37. The quantitative estimate of drug-likeness (QED) is 0.538. The van der Waals surface area contributed by atoms with Crippen LogP contribution in [0.2, 0.25) is 0 Å². The number of piperazine rings is 1. The molecule has 0 aromatic heterocycles. The highest BCUT2D eigenvalue weighted by Crippen LogP contribution is 2.31. The predicted octanol–water partition coefficient (Wildman–Crippen LogP) is 4.15. The summed E-state index contributed by atoms with van der Waals surface area (Å²) in [6.07, 6.45) is 5.74. The normalized spacial score (nSPS) is 18.2. The third kappa shape index (κ3) is 4.85. The van der Waals surface area contributed by atoms with E-state index >= 15 is 0 Å². The van der Waals surface area contributed by atoms with Crippen LogP contribution < -0.4 is 0 Å². The third-order valence-corrected chi connectivity index (χ3v) is 7.17. The Morgan fingerprint density at radius 2 is 1.80 bits per heavy atom. The number of ketones is 1. The molecule has 2 aliphatic rings. The number of carbonyl (C=O) groups excluding carboxylic acids is 2. The van der Waals surface area contributed by atoms with Crippen molar-refractivity contribution in [2.24, 2.45) is 0 Å². The van der Waals surface area contributed by atoms with Crippen molar-refractivity contribution in [3.63, 3.8) is 0 Å². The van der Waals surface area contributed by atoms with Crippen LogP contribution in [0.15, 0.2) is 59.5 Å². The number of hydrogen-bond acceptors (Lipinski definition) is 4. The number of benzene rings is 2. The van der Waals surface area contributed by atoms with Crippen LogP contribution in [-0.2, 0) is 11.2 Å². The van der Waals surface area contributed by atoms with Crippen molar-refractivity contribution in [3.05, 3.63) is 71.3 Å². The van der Waals surface area contributed by atoms with E-state index in [0.717, 1.165) is 30.6 Å². The van der Waals surface area contributed by atoms with Gasteiger partial charge in [0.25, 0.3) is 0 Å². The van der Waals surface area contributed by atoms with Crippen LogP contribution in [0.4, 0.5) is 0 Å². The topological polar surface area (TPSA) is 40.6 Å². The molecule has 30 heavy (non-hydrogen) atoms. The van der Waals surface area contributed by atoms with Gasteiger partial charge >= 0.3 is 0 Å². The molecular weight excluding hydrogens is 392 g/mol. The molecule has 4 nitrogen and oxygen atoms in total. The Morgan fingerprint density at radius 3 is 2.57 bits per heavy atom. The fraction of sp³-hybridized carbons (Fsp3) is 0.360. The number of aryl methyl sites for hydroxylation is 1. The molecular formula is C25H28N2O2S. The van der Waals surface area contributed by atoms with E-state index in [1.165, 1.54) is 22.6 Å². The molecule has 1 atom stereocenters. The van der Waals surface area contributed by atoms with Gasteiger partial charge in [-0.1, -0.05) is 36.4 Å². The van der Waals surface area contributed by atoms with Gasteiger partial charge in [0.1, 0.15) is 0 Å². The molecule has 0 aliphatic carbocycles. The highest BCUT2D eigenvalue weighted by atomic mass is 32.2. The number of nitrogens with zero attached hydrogens (tertiary/aromatic N) is 2. The molecule has 1 fully saturated rings. The van der Waals surface area contributed by atoms with Gasteiger partial charge in [0, 0.05) is 42.7 Å². The summed E-state index contributed by atoms with van der Waals surface area (Å²) in [7, 11) is 0. The van der Waals surface area contributed by atoms with Crippen LogP contribution in [0.25, 0.3) is 6.08 Å². The van der Waals surface area contributed by atoms with Gasteiger partial charge in [0.15, 0.2) is 5.78 Å². The molecule has 2 heterocycles. The van der Waals surface area contributed by atoms with Gasteiger partial charge in [-0.05, 0) is 54.9 Å². The first-order valence-electron chi connectivity index (χ1n) is 10.7. The van der Waals surface area contributed by atoms with E-state index in [0.29, 0.717) is 13.1 Å². The minimum atomic E-state index is -0.170. The second kappa shape index (κ2) is 9.63. The lowest BCUT2D eigenvalue weighted by Crippen LogP contribution is -2.52. The molecule has 1 saturated heterocycles. The molecule has 2 aromatic carbocycles. The minimum Gasteiger partial charge on any atom is -0.337 e. The van der Waals surface area contributed by atoms with E-state index in [1.54, 1.807) is 6.08 Å². The van der Waals surface area contributed by atoms with E-state index in [9.17, 15) is 9.59 Å². The zero-order valence-corrected chi connectivity index (χ0v) is 18.2. The average molecular weight is 421 g/mol. The first-order chi connectivity index (χ1) is 14.6. The average Bonchev–Trinajstić information content (AvgIpc) is 2.82. The van der Waals surface area contributed by atoms with Gasteiger partial charge in [-0.25, -0.2) is 0 Å². The molecule has 2 aliphatic heterocycles. The van der Waals surface area contributed by atoms with Crippen LogP contribution in [0, 0.1) is 0 Å². The summed E-state index contributed by atoms with van der Waals surface area (Å²) in [6, 6.07) is 15.8. The predicted molar refractivity (Wildman–Crippen MR) is 123 cm³/mol. The van der Waals surface area contributed by atoms with E-state index in [-0.39, 0.29) is 17.7 Å². The van der Waals surface area contributed by atoms with Crippen molar-refractivity contribution in [2.75, 3.05) is 31.9 Å². The molecule has 1 amide bonds. The monoisotopic (exact) mass is 420 g/mol. The van der Waals surface area contributed by atoms with Crippen LogP contribution in [0.3, 0.4) is 0 Å². The maximum Gasteiger partial charge on any atom is 0.246 e. The van der Waals surface area contributed by atoms with Gasteiger partial charge in [0.05, 0.1) is 6.04 Å². The zero-order valence-electron chi connectivity index (χ0n) is 17.4. The Kier molecular flexibility index (Phi) is 6.70. The summed E-state index contributed by atoms with van der Waals surface area (Å²) in [5.41, 5.74) is 3.14. The van der Waals surface area contributed by atoms with Crippen molar-refractivity contribution in [3.8, 4) is 0 Å². The molecule has 156 valence electrons. The van der Waals surface area contributed by atoms with Gasteiger partial charge < -0.3 is 4.90 Å². The zero-order chi connectivity index (χ0) is 20.9. The van der Waals surface area contributed by atoms with Crippen LogP contribution >= 0.6 is 11.8 Å².